The van der Waals surface area contributed by atoms with Gasteiger partial charge in [0.1, 0.15) is 17.3 Å². The quantitative estimate of drug-likeness (QED) is 0.636. The minimum absolute atomic E-state index is 0.0923. The zero-order valence-electron chi connectivity index (χ0n) is 14.5. The highest BCUT2D eigenvalue weighted by molar-refractivity contribution is 5.92. The molecule has 0 bridgehead atoms. The number of hydrogen-bond donors (Lipinski definition) is 1. The Bertz CT molecular complexity index is 921. The summed E-state index contributed by atoms with van der Waals surface area (Å²) in [6.45, 7) is -0.428. The van der Waals surface area contributed by atoms with Crippen molar-refractivity contribution in [2.45, 2.75) is 12.8 Å². The van der Waals surface area contributed by atoms with Gasteiger partial charge >= 0.3 is 5.97 Å². The molecule has 0 saturated heterocycles. The van der Waals surface area contributed by atoms with Gasteiger partial charge in [-0.15, -0.1) is 0 Å². The van der Waals surface area contributed by atoms with Crippen LogP contribution in [-0.2, 0) is 20.7 Å². The minimum Gasteiger partial charge on any atom is -0.461 e. The lowest BCUT2D eigenvalue weighted by Gasteiger charge is -2.06. The molecule has 0 aliphatic rings. The van der Waals surface area contributed by atoms with Crippen LogP contribution in [0.5, 0.6) is 0 Å². The monoisotopic (exact) mass is 367 g/mol. The van der Waals surface area contributed by atoms with Crippen molar-refractivity contribution in [2.24, 2.45) is 0 Å². The molecule has 0 saturated carbocycles. The SMILES string of the molecule is O=C(COC(=O)CCc1ccc(-c2ccccc2)o1)Nc1cccc(F)c1. The molecule has 1 amide bonds. The number of benzene rings is 2. The zero-order valence-corrected chi connectivity index (χ0v) is 14.5. The number of carbonyl (C=O) groups excluding carboxylic acids is 2. The second-order valence-electron chi connectivity index (χ2n) is 5.85. The van der Waals surface area contributed by atoms with Gasteiger partial charge in [-0.3, -0.25) is 9.59 Å². The smallest absolute Gasteiger partial charge is 0.306 e. The highest BCUT2D eigenvalue weighted by Gasteiger charge is 2.11. The summed E-state index contributed by atoms with van der Waals surface area (Å²) in [5.74, 6) is -0.109. The first-order chi connectivity index (χ1) is 13.1. The molecule has 3 aromatic rings. The maximum atomic E-state index is 13.1. The standard InChI is InChI=1S/C21H18FNO4/c22-16-7-4-8-17(13-16)23-20(24)14-26-21(25)12-10-18-9-11-19(27-18)15-5-2-1-3-6-15/h1-9,11,13H,10,12,14H2,(H,23,24). The number of amides is 1. The van der Waals surface area contributed by atoms with Crippen LogP contribution < -0.4 is 5.32 Å². The number of hydrogen-bond acceptors (Lipinski definition) is 4. The Hall–Kier alpha value is -3.41. The van der Waals surface area contributed by atoms with Crippen LogP contribution in [0, 0.1) is 5.82 Å². The molecule has 0 fully saturated rings. The maximum Gasteiger partial charge on any atom is 0.306 e. The van der Waals surface area contributed by atoms with Crippen molar-refractivity contribution < 1.29 is 23.1 Å². The third-order valence-corrected chi connectivity index (χ3v) is 3.77. The number of anilines is 1. The lowest BCUT2D eigenvalue weighted by molar-refractivity contribution is -0.147. The van der Waals surface area contributed by atoms with Crippen LogP contribution in [0.4, 0.5) is 10.1 Å². The van der Waals surface area contributed by atoms with Gasteiger partial charge in [-0.1, -0.05) is 36.4 Å². The average Bonchev–Trinajstić information content (AvgIpc) is 3.14. The molecule has 0 unspecified atom stereocenters. The van der Waals surface area contributed by atoms with E-state index in [0.717, 1.165) is 11.3 Å². The van der Waals surface area contributed by atoms with E-state index in [1.54, 1.807) is 6.07 Å². The molecule has 0 aliphatic carbocycles. The summed E-state index contributed by atoms with van der Waals surface area (Å²) in [6.07, 6.45) is 0.464. The lowest BCUT2D eigenvalue weighted by Crippen LogP contribution is -2.21. The molecule has 0 atom stereocenters. The third-order valence-electron chi connectivity index (χ3n) is 3.77. The number of carbonyl (C=O) groups is 2. The third kappa shape index (κ3) is 5.54. The first-order valence-corrected chi connectivity index (χ1v) is 8.45. The molecule has 6 heteroatoms. The van der Waals surface area contributed by atoms with E-state index in [0.29, 0.717) is 17.9 Å². The summed E-state index contributed by atoms with van der Waals surface area (Å²) in [5.41, 5.74) is 1.26. The molecular weight excluding hydrogens is 349 g/mol. The first kappa shape index (κ1) is 18.4. The Balaban J connectivity index is 1.42. The van der Waals surface area contributed by atoms with Crippen LogP contribution >= 0.6 is 0 Å². The fraction of sp³-hybridized carbons (Fsp3) is 0.143. The van der Waals surface area contributed by atoms with E-state index in [9.17, 15) is 14.0 Å². The lowest BCUT2D eigenvalue weighted by atomic mass is 10.2. The Labute approximate surface area is 155 Å². The van der Waals surface area contributed by atoms with Crippen LogP contribution in [0.15, 0.2) is 71.1 Å². The molecule has 2 aromatic carbocycles. The number of rotatable bonds is 7. The van der Waals surface area contributed by atoms with Crippen molar-refractivity contribution in [3.63, 3.8) is 0 Å². The summed E-state index contributed by atoms with van der Waals surface area (Å²) in [7, 11) is 0. The van der Waals surface area contributed by atoms with E-state index in [1.165, 1.54) is 18.2 Å². The van der Waals surface area contributed by atoms with Gasteiger partial charge in [-0.2, -0.15) is 0 Å². The summed E-state index contributed by atoms with van der Waals surface area (Å²) in [6, 6.07) is 18.8. The molecular formula is C21H18FNO4. The summed E-state index contributed by atoms with van der Waals surface area (Å²) < 4.78 is 23.7. The second-order valence-corrected chi connectivity index (χ2v) is 5.85. The molecule has 1 N–H and O–H groups in total. The molecule has 3 rings (SSSR count). The van der Waals surface area contributed by atoms with Crippen LogP contribution in [0.3, 0.4) is 0 Å². The van der Waals surface area contributed by atoms with E-state index in [-0.39, 0.29) is 6.42 Å². The Kier molecular flexibility index (Phi) is 5.99. The van der Waals surface area contributed by atoms with E-state index >= 15 is 0 Å². The number of furan rings is 1. The predicted octanol–water partition coefficient (Wildman–Crippen LogP) is 4.20. The highest BCUT2D eigenvalue weighted by atomic mass is 19.1. The fourth-order valence-electron chi connectivity index (χ4n) is 2.48. The normalized spacial score (nSPS) is 10.4. The molecule has 27 heavy (non-hydrogen) atoms. The first-order valence-electron chi connectivity index (χ1n) is 8.45. The minimum atomic E-state index is -0.529. The Morgan fingerprint density at radius 1 is 1.00 bits per heavy atom. The number of halogens is 1. The highest BCUT2D eigenvalue weighted by Crippen LogP contribution is 2.22. The average molecular weight is 367 g/mol. The predicted molar refractivity (Wildman–Crippen MR) is 98.5 cm³/mol. The molecule has 0 aliphatic heterocycles. The van der Waals surface area contributed by atoms with Crippen LogP contribution in [0.2, 0.25) is 0 Å². The molecule has 1 aromatic heterocycles. The van der Waals surface area contributed by atoms with Gasteiger partial charge in [-0.25, -0.2) is 4.39 Å². The number of aryl methyl sites for hydroxylation is 1. The van der Waals surface area contributed by atoms with Gasteiger partial charge in [-0.05, 0) is 30.3 Å². The Morgan fingerprint density at radius 3 is 2.59 bits per heavy atom. The van der Waals surface area contributed by atoms with Gasteiger partial charge in [0, 0.05) is 17.7 Å². The topological polar surface area (TPSA) is 68.5 Å². The molecule has 5 nitrogen and oxygen atoms in total. The van der Waals surface area contributed by atoms with Crippen molar-refractivity contribution in [1.29, 1.82) is 0 Å². The van der Waals surface area contributed by atoms with Gasteiger partial charge in [0.05, 0.1) is 6.42 Å². The molecule has 138 valence electrons. The summed E-state index contributed by atoms with van der Waals surface area (Å²) in [5, 5.41) is 2.46. The molecule has 1 heterocycles. The number of nitrogens with one attached hydrogen (secondary N) is 1. The van der Waals surface area contributed by atoms with Crippen molar-refractivity contribution in [2.75, 3.05) is 11.9 Å². The van der Waals surface area contributed by atoms with Crippen LogP contribution in [-0.4, -0.2) is 18.5 Å². The van der Waals surface area contributed by atoms with Gasteiger partial charge in [0.25, 0.3) is 5.91 Å². The maximum absolute atomic E-state index is 13.1. The second kappa shape index (κ2) is 8.80. The van der Waals surface area contributed by atoms with Crippen LogP contribution in [0.25, 0.3) is 11.3 Å². The van der Waals surface area contributed by atoms with Gasteiger partial charge in [0.15, 0.2) is 6.61 Å². The summed E-state index contributed by atoms with van der Waals surface area (Å²) in [4.78, 5) is 23.5. The Morgan fingerprint density at radius 2 is 1.81 bits per heavy atom. The number of ether oxygens (including phenoxy) is 1. The summed E-state index contributed by atoms with van der Waals surface area (Å²) >= 11 is 0. The van der Waals surface area contributed by atoms with Crippen molar-refractivity contribution in [3.05, 3.63) is 78.3 Å². The largest absolute Gasteiger partial charge is 0.461 e. The van der Waals surface area contributed by atoms with Crippen molar-refractivity contribution in [1.82, 2.24) is 0 Å². The van der Waals surface area contributed by atoms with Crippen molar-refractivity contribution in [3.8, 4) is 11.3 Å². The fourth-order valence-corrected chi connectivity index (χ4v) is 2.48. The van der Waals surface area contributed by atoms with E-state index in [2.05, 4.69) is 5.32 Å². The van der Waals surface area contributed by atoms with Crippen molar-refractivity contribution >= 4 is 17.6 Å². The van der Waals surface area contributed by atoms with Crippen LogP contribution in [0.1, 0.15) is 12.2 Å². The van der Waals surface area contributed by atoms with E-state index in [4.69, 9.17) is 9.15 Å². The molecule has 0 radical (unpaired) electrons. The van der Waals surface area contributed by atoms with Gasteiger partial charge in [0.2, 0.25) is 0 Å². The van der Waals surface area contributed by atoms with E-state index in [1.807, 2.05) is 42.5 Å². The van der Waals surface area contributed by atoms with Gasteiger partial charge < -0.3 is 14.5 Å². The molecule has 0 spiro atoms. The zero-order chi connectivity index (χ0) is 19.1. The van der Waals surface area contributed by atoms with E-state index < -0.39 is 24.3 Å². The number of esters is 1.